The van der Waals surface area contributed by atoms with E-state index in [1.165, 1.54) is 26.2 Å². The molecule has 1 aromatic rings. The van der Waals surface area contributed by atoms with Crippen LogP contribution in [-0.4, -0.2) is 22.8 Å². The highest BCUT2D eigenvalue weighted by atomic mass is 16.5. The zero-order chi connectivity index (χ0) is 22.6. The Hall–Kier alpha value is -1.79. The molecular weight excluding hydrogens is 396 g/mol. The largest absolute Gasteiger partial charge is 0.463 e. The van der Waals surface area contributed by atoms with Gasteiger partial charge in [-0.3, -0.25) is 4.79 Å². The van der Waals surface area contributed by atoms with Crippen molar-refractivity contribution in [2.45, 2.75) is 90.3 Å². The minimum Gasteiger partial charge on any atom is -0.463 e. The molecule has 4 aliphatic rings. The first-order valence-corrected chi connectivity index (χ1v) is 12.7. The van der Waals surface area contributed by atoms with Crippen LogP contribution in [0.4, 0.5) is 0 Å². The van der Waals surface area contributed by atoms with Gasteiger partial charge in [-0.25, -0.2) is 0 Å². The van der Waals surface area contributed by atoms with E-state index in [0.717, 1.165) is 50.0 Å². The monoisotopic (exact) mass is 434 g/mol. The second-order valence-electron chi connectivity index (χ2n) is 11.6. The summed E-state index contributed by atoms with van der Waals surface area (Å²) in [6, 6.07) is 10.1. The second kappa shape index (κ2) is 7.91. The van der Waals surface area contributed by atoms with Gasteiger partial charge >= 0.3 is 5.97 Å². The summed E-state index contributed by atoms with van der Waals surface area (Å²) in [6.45, 7) is 6.39. The number of benzene rings is 1. The fourth-order valence-electron chi connectivity index (χ4n) is 8.48. The molecule has 0 saturated heterocycles. The van der Waals surface area contributed by atoms with Crippen LogP contribution in [0.3, 0.4) is 0 Å². The van der Waals surface area contributed by atoms with Gasteiger partial charge in [-0.05, 0) is 99.0 Å². The molecule has 0 aliphatic heterocycles. The summed E-state index contributed by atoms with van der Waals surface area (Å²) in [4.78, 5) is 11.5. The van der Waals surface area contributed by atoms with Crippen LogP contribution in [0.25, 0.3) is 0 Å². The van der Waals surface area contributed by atoms with Gasteiger partial charge in [-0.15, -0.1) is 0 Å². The maximum absolute atomic E-state index is 11.8. The molecule has 1 N–H and O–H groups in total. The average molecular weight is 435 g/mol. The molecule has 0 unspecified atom stereocenters. The second-order valence-corrected chi connectivity index (χ2v) is 11.6. The van der Waals surface area contributed by atoms with Gasteiger partial charge in [0.25, 0.3) is 0 Å². The third-order valence-corrected chi connectivity index (χ3v) is 10.3. The van der Waals surface area contributed by atoms with Crippen LogP contribution in [0.1, 0.15) is 84.1 Å². The van der Waals surface area contributed by atoms with Crippen LogP contribution in [0.2, 0.25) is 0 Å². The Labute approximate surface area is 193 Å². The van der Waals surface area contributed by atoms with E-state index in [4.69, 9.17) is 4.74 Å². The highest BCUT2D eigenvalue weighted by Crippen LogP contribution is 2.68. The first kappa shape index (κ1) is 22.0. The van der Waals surface area contributed by atoms with Gasteiger partial charge in [0, 0.05) is 17.9 Å². The molecule has 3 nitrogen and oxygen atoms in total. The molecule has 0 heterocycles. The van der Waals surface area contributed by atoms with E-state index in [2.05, 4.69) is 25.7 Å². The quantitative estimate of drug-likeness (QED) is 0.453. The van der Waals surface area contributed by atoms with Crippen LogP contribution in [0.15, 0.2) is 30.3 Å². The molecule has 4 aliphatic carbocycles. The number of esters is 1. The molecule has 0 spiro atoms. The van der Waals surface area contributed by atoms with Crippen molar-refractivity contribution in [2.24, 2.45) is 34.5 Å². The SMILES string of the molecule is CC(=O)O[C@H]1CC[C@@]2(C)[C@@H](CC[C@@H]3[C@@H]2CC[C@@]2(C)[C@H]3CC[C@@]2(O)C#Cc2ccccc2)C1. The van der Waals surface area contributed by atoms with Crippen molar-refractivity contribution in [1.29, 1.82) is 0 Å². The molecule has 172 valence electrons. The van der Waals surface area contributed by atoms with Crippen molar-refractivity contribution in [3.63, 3.8) is 0 Å². The number of carbonyl (C=O) groups excluding carboxylic acids is 1. The minimum atomic E-state index is -0.886. The number of hydrogen-bond acceptors (Lipinski definition) is 3. The summed E-state index contributed by atoms with van der Waals surface area (Å²) >= 11 is 0. The number of fused-ring (bicyclic) bond motifs is 5. The summed E-state index contributed by atoms with van der Waals surface area (Å²) in [5.74, 6) is 9.13. The van der Waals surface area contributed by atoms with Crippen molar-refractivity contribution in [3.8, 4) is 11.8 Å². The lowest BCUT2D eigenvalue weighted by atomic mass is 9.44. The first-order chi connectivity index (χ1) is 15.3. The van der Waals surface area contributed by atoms with Gasteiger partial charge in [0.05, 0.1) is 0 Å². The molecule has 0 aromatic heterocycles. The smallest absolute Gasteiger partial charge is 0.302 e. The Kier molecular flexibility index (Phi) is 5.44. The lowest BCUT2D eigenvalue weighted by molar-refractivity contribution is -0.163. The lowest BCUT2D eigenvalue weighted by Gasteiger charge is -2.61. The molecule has 4 saturated carbocycles. The maximum Gasteiger partial charge on any atom is 0.302 e. The Morgan fingerprint density at radius 3 is 2.50 bits per heavy atom. The predicted octanol–water partition coefficient (Wildman–Crippen LogP) is 5.74. The number of aliphatic hydroxyl groups is 1. The molecule has 5 rings (SSSR count). The number of hydrogen-bond donors (Lipinski definition) is 1. The third kappa shape index (κ3) is 3.41. The van der Waals surface area contributed by atoms with Crippen LogP contribution >= 0.6 is 0 Å². The first-order valence-electron chi connectivity index (χ1n) is 12.7. The summed E-state index contributed by atoms with van der Waals surface area (Å²) in [5, 5.41) is 11.8. The van der Waals surface area contributed by atoms with Crippen molar-refractivity contribution in [2.75, 3.05) is 0 Å². The summed E-state index contributed by atoms with van der Waals surface area (Å²) in [5.41, 5.74) is 0.327. The van der Waals surface area contributed by atoms with Gasteiger partial charge in [-0.1, -0.05) is 43.9 Å². The Morgan fingerprint density at radius 1 is 1.00 bits per heavy atom. The van der Waals surface area contributed by atoms with Gasteiger partial charge < -0.3 is 9.84 Å². The normalized spacial score (nSPS) is 44.9. The van der Waals surface area contributed by atoms with Crippen LogP contribution < -0.4 is 0 Å². The van der Waals surface area contributed by atoms with Crippen LogP contribution in [0, 0.1) is 46.3 Å². The average Bonchev–Trinajstić information content (AvgIpc) is 3.04. The Morgan fingerprint density at radius 2 is 1.75 bits per heavy atom. The minimum absolute atomic E-state index is 0.112. The van der Waals surface area contributed by atoms with E-state index in [1.54, 1.807) is 0 Å². The van der Waals surface area contributed by atoms with Gasteiger partial charge in [0.2, 0.25) is 0 Å². The van der Waals surface area contributed by atoms with Crippen LogP contribution in [-0.2, 0) is 9.53 Å². The molecule has 4 fully saturated rings. The standard InChI is InChI=1S/C29H38O3/c1-20(30)32-23-12-15-27(2)22(19-23)9-10-24-25(27)13-16-28(3)26(24)14-18-29(28,31)17-11-21-7-5-4-6-8-21/h4-8,22-26,31H,9-10,12-16,18-19H2,1-3H3/t22-,23-,24+,25-,26-,27-,28-,29-/m0/s1. The topological polar surface area (TPSA) is 46.5 Å². The predicted molar refractivity (Wildman–Crippen MR) is 126 cm³/mol. The molecule has 8 atom stereocenters. The number of carbonyl (C=O) groups is 1. The fraction of sp³-hybridized carbons (Fsp3) is 0.690. The molecule has 3 heteroatoms. The van der Waals surface area contributed by atoms with E-state index in [9.17, 15) is 9.90 Å². The maximum atomic E-state index is 11.8. The Balaban J connectivity index is 1.36. The van der Waals surface area contributed by atoms with Crippen LogP contribution in [0.5, 0.6) is 0 Å². The van der Waals surface area contributed by atoms with Crippen molar-refractivity contribution < 1.29 is 14.6 Å². The van der Waals surface area contributed by atoms with E-state index in [0.29, 0.717) is 23.2 Å². The van der Waals surface area contributed by atoms with E-state index in [1.807, 2.05) is 30.3 Å². The lowest BCUT2D eigenvalue weighted by Crippen LogP contribution is -2.56. The molecule has 0 radical (unpaired) electrons. The van der Waals surface area contributed by atoms with Crippen molar-refractivity contribution >= 4 is 5.97 Å². The van der Waals surface area contributed by atoms with E-state index >= 15 is 0 Å². The van der Waals surface area contributed by atoms with Crippen molar-refractivity contribution in [3.05, 3.63) is 35.9 Å². The molecular formula is C29H38O3. The summed E-state index contributed by atoms with van der Waals surface area (Å²) in [6.07, 6.45) is 9.94. The molecule has 1 aromatic carbocycles. The fourth-order valence-corrected chi connectivity index (χ4v) is 8.48. The third-order valence-electron chi connectivity index (χ3n) is 10.3. The van der Waals surface area contributed by atoms with Gasteiger partial charge in [-0.2, -0.15) is 0 Å². The molecule has 0 bridgehead atoms. The number of rotatable bonds is 1. The molecule has 32 heavy (non-hydrogen) atoms. The van der Waals surface area contributed by atoms with E-state index in [-0.39, 0.29) is 17.5 Å². The van der Waals surface area contributed by atoms with E-state index < -0.39 is 5.60 Å². The summed E-state index contributed by atoms with van der Waals surface area (Å²) in [7, 11) is 0. The molecule has 0 amide bonds. The summed E-state index contributed by atoms with van der Waals surface area (Å²) < 4.78 is 5.61. The van der Waals surface area contributed by atoms with Crippen molar-refractivity contribution in [1.82, 2.24) is 0 Å². The number of ether oxygens (including phenoxy) is 1. The van der Waals surface area contributed by atoms with Gasteiger partial charge in [0.1, 0.15) is 11.7 Å². The zero-order valence-corrected chi connectivity index (χ0v) is 19.9. The van der Waals surface area contributed by atoms with Gasteiger partial charge in [0.15, 0.2) is 0 Å². The zero-order valence-electron chi connectivity index (χ0n) is 19.9. The highest BCUT2D eigenvalue weighted by molar-refractivity contribution is 5.66. The highest BCUT2D eigenvalue weighted by Gasteiger charge is 2.64. The Bertz CT molecular complexity index is 929.